The second-order valence-electron chi connectivity index (χ2n) is 6.64. The van der Waals surface area contributed by atoms with Crippen molar-refractivity contribution >= 4 is 45.0 Å². The Balaban J connectivity index is 1.72. The second kappa shape index (κ2) is 9.88. The van der Waals surface area contributed by atoms with Crippen molar-refractivity contribution in [3.05, 3.63) is 41.2 Å². The molecule has 2 aromatic rings. The first-order valence-corrected chi connectivity index (χ1v) is 12.3. The highest BCUT2D eigenvalue weighted by molar-refractivity contribution is 7.99. The van der Waals surface area contributed by atoms with E-state index < -0.39 is 15.9 Å². The number of rotatable bonds is 7. The van der Waals surface area contributed by atoms with Crippen LogP contribution in [0.2, 0.25) is 5.02 Å². The van der Waals surface area contributed by atoms with E-state index in [9.17, 15) is 13.2 Å². The van der Waals surface area contributed by atoms with Crippen molar-refractivity contribution in [1.82, 2.24) is 14.3 Å². The van der Waals surface area contributed by atoms with E-state index in [4.69, 9.17) is 11.6 Å². The van der Waals surface area contributed by atoms with E-state index in [1.807, 2.05) is 6.92 Å². The molecule has 0 spiro atoms. The molecule has 0 aliphatic carbocycles. The lowest BCUT2D eigenvalue weighted by molar-refractivity contribution is 0.102. The Morgan fingerprint density at radius 2 is 1.90 bits per heavy atom. The molecule has 0 saturated carbocycles. The van der Waals surface area contributed by atoms with E-state index in [2.05, 4.69) is 15.3 Å². The smallest absolute Gasteiger partial charge is 0.275 e. The molecule has 1 fully saturated rings. The minimum absolute atomic E-state index is 0.0882. The lowest BCUT2D eigenvalue weighted by Gasteiger charge is -2.25. The van der Waals surface area contributed by atoms with Gasteiger partial charge in [-0.15, -0.1) is 0 Å². The summed E-state index contributed by atoms with van der Waals surface area (Å²) < 4.78 is 26.9. The van der Waals surface area contributed by atoms with Crippen molar-refractivity contribution in [2.75, 3.05) is 24.2 Å². The number of carbonyl (C=O) groups is 1. The summed E-state index contributed by atoms with van der Waals surface area (Å²) in [7, 11) is -3.50. The molecule has 1 aliphatic heterocycles. The van der Waals surface area contributed by atoms with Gasteiger partial charge >= 0.3 is 0 Å². The van der Waals surface area contributed by atoms with Crippen molar-refractivity contribution in [1.29, 1.82) is 0 Å². The summed E-state index contributed by atoms with van der Waals surface area (Å²) in [6, 6.07) is 6.14. The number of thioether (sulfide) groups is 1. The Morgan fingerprint density at radius 3 is 2.55 bits per heavy atom. The normalized spacial score (nSPS) is 15.2. The van der Waals surface area contributed by atoms with Crippen molar-refractivity contribution < 1.29 is 13.2 Å². The van der Waals surface area contributed by atoms with Crippen molar-refractivity contribution in [3.63, 3.8) is 0 Å². The van der Waals surface area contributed by atoms with Crippen LogP contribution in [-0.4, -0.2) is 47.4 Å². The molecule has 1 N–H and O–H groups in total. The van der Waals surface area contributed by atoms with E-state index in [0.29, 0.717) is 23.9 Å². The van der Waals surface area contributed by atoms with Crippen LogP contribution < -0.4 is 5.32 Å². The number of sulfonamides is 1. The maximum Gasteiger partial charge on any atom is 0.275 e. The quantitative estimate of drug-likeness (QED) is 0.501. The Labute approximate surface area is 180 Å². The molecule has 2 heterocycles. The van der Waals surface area contributed by atoms with E-state index in [-0.39, 0.29) is 15.6 Å². The minimum atomic E-state index is -3.50. The topological polar surface area (TPSA) is 92.3 Å². The van der Waals surface area contributed by atoms with Gasteiger partial charge in [0.25, 0.3) is 5.91 Å². The van der Waals surface area contributed by atoms with Crippen LogP contribution in [0.3, 0.4) is 0 Å². The summed E-state index contributed by atoms with van der Waals surface area (Å²) in [6.45, 7) is 3.14. The number of hydrogen-bond acceptors (Lipinski definition) is 6. The van der Waals surface area contributed by atoms with Gasteiger partial charge in [0.2, 0.25) is 10.0 Å². The molecule has 0 radical (unpaired) electrons. The average molecular weight is 455 g/mol. The molecule has 0 unspecified atom stereocenters. The standard InChI is InChI=1S/C19H23ClN4O3S2/c1-2-12-28-19-21-13-16(20)17(23-19)18(25)22-14-6-8-15(9-7-14)29(26,27)24-10-4-3-5-11-24/h6-9,13H,2-5,10-12H2,1H3,(H,22,25). The van der Waals surface area contributed by atoms with Gasteiger partial charge in [-0.1, -0.05) is 36.7 Å². The highest BCUT2D eigenvalue weighted by Gasteiger charge is 2.25. The number of anilines is 1. The number of piperidine rings is 1. The van der Waals surface area contributed by atoms with Gasteiger partial charge in [0.05, 0.1) is 16.1 Å². The van der Waals surface area contributed by atoms with Gasteiger partial charge in [0, 0.05) is 24.5 Å². The summed E-state index contributed by atoms with van der Waals surface area (Å²) in [5.74, 6) is 0.373. The molecule has 1 aromatic heterocycles. The Bertz CT molecular complexity index is 962. The molecule has 10 heteroatoms. The van der Waals surface area contributed by atoms with E-state index in [1.165, 1.54) is 34.4 Å². The lowest BCUT2D eigenvalue weighted by Crippen LogP contribution is -2.35. The summed E-state index contributed by atoms with van der Waals surface area (Å²) in [5.41, 5.74) is 0.551. The average Bonchev–Trinajstić information content (AvgIpc) is 2.74. The fourth-order valence-electron chi connectivity index (χ4n) is 2.93. The van der Waals surface area contributed by atoms with Crippen LogP contribution in [0.5, 0.6) is 0 Å². The lowest BCUT2D eigenvalue weighted by atomic mass is 10.2. The number of amides is 1. The third kappa shape index (κ3) is 5.48. The first-order valence-electron chi connectivity index (χ1n) is 9.48. The fraction of sp³-hybridized carbons (Fsp3) is 0.421. The SMILES string of the molecule is CCCSc1ncc(Cl)c(C(=O)Nc2ccc(S(=O)(=O)N3CCCCC3)cc2)n1. The number of aromatic nitrogens is 2. The summed E-state index contributed by atoms with van der Waals surface area (Å²) >= 11 is 7.54. The Kier molecular flexibility index (Phi) is 7.50. The van der Waals surface area contributed by atoms with Crippen LogP contribution in [0, 0.1) is 0 Å². The zero-order valence-corrected chi connectivity index (χ0v) is 18.5. The fourth-order valence-corrected chi connectivity index (χ4v) is 5.29. The molecule has 156 valence electrons. The predicted molar refractivity (Wildman–Crippen MR) is 115 cm³/mol. The van der Waals surface area contributed by atoms with Crippen LogP contribution in [0.25, 0.3) is 0 Å². The number of nitrogens with zero attached hydrogens (tertiary/aromatic N) is 3. The molecule has 1 aliphatic rings. The summed E-state index contributed by atoms with van der Waals surface area (Å²) in [5, 5.41) is 3.36. The van der Waals surface area contributed by atoms with Crippen LogP contribution in [-0.2, 0) is 10.0 Å². The molecular weight excluding hydrogens is 432 g/mol. The molecule has 29 heavy (non-hydrogen) atoms. The second-order valence-corrected chi connectivity index (χ2v) is 10.0. The van der Waals surface area contributed by atoms with Crippen LogP contribution in [0.4, 0.5) is 5.69 Å². The Hall–Kier alpha value is -1.68. The van der Waals surface area contributed by atoms with Crippen molar-refractivity contribution in [2.24, 2.45) is 0 Å². The maximum atomic E-state index is 12.7. The molecule has 0 bridgehead atoms. The van der Waals surface area contributed by atoms with Gasteiger partial charge in [0.15, 0.2) is 10.9 Å². The molecule has 1 aromatic carbocycles. The van der Waals surface area contributed by atoms with Gasteiger partial charge < -0.3 is 5.32 Å². The maximum absolute atomic E-state index is 12.7. The van der Waals surface area contributed by atoms with Crippen molar-refractivity contribution in [2.45, 2.75) is 42.7 Å². The number of nitrogens with one attached hydrogen (secondary N) is 1. The van der Waals surface area contributed by atoms with Crippen LogP contribution >= 0.6 is 23.4 Å². The molecule has 0 atom stereocenters. The summed E-state index contributed by atoms with van der Waals surface area (Å²) in [6.07, 6.45) is 5.19. The molecular formula is C19H23ClN4O3S2. The first kappa shape index (κ1) is 22.0. The zero-order valence-electron chi connectivity index (χ0n) is 16.1. The molecule has 1 amide bonds. The third-order valence-corrected chi connectivity index (χ3v) is 7.69. The van der Waals surface area contributed by atoms with E-state index >= 15 is 0 Å². The number of carbonyl (C=O) groups excluding carboxylic acids is 1. The van der Waals surface area contributed by atoms with Gasteiger partial charge in [-0.25, -0.2) is 18.4 Å². The van der Waals surface area contributed by atoms with Gasteiger partial charge in [-0.3, -0.25) is 4.79 Å². The number of benzene rings is 1. The predicted octanol–water partition coefficient (Wildman–Crippen LogP) is 4.06. The monoisotopic (exact) mass is 454 g/mol. The Morgan fingerprint density at radius 1 is 1.21 bits per heavy atom. The zero-order chi connectivity index (χ0) is 20.9. The number of hydrogen-bond donors (Lipinski definition) is 1. The van der Waals surface area contributed by atoms with Crippen LogP contribution in [0.1, 0.15) is 43.1 Å². The van der Waals surface area contributed by atoms with E-state index in [1.54, 1.807) is 12.1 Å². The number of halogens is 1. The highest BCUT2D eigenvalue weighted by atomic mass is 35.5. The minimum Gasteiger partial charge on any atom is -0.321 e. The molecule has 1 saturated heterocycles. The molecule has 3 rings (SSSR count). The van der Waals surface area contributed by atoms with Crippen LogP contribution in [0.15, 0.2) is 40.5 Å². The largest absolute Gasteiger partial charge is 0.321 e. The highest BCUT2D eigenvalue weighted by Crippen LogP contribution is 2.23. The third-order valence-electron chi connectivity index (χ3n) is 4.44. The first-order chi connectivity index (χ1) is 13.9. The van der Waals surface area contributed by atoms with Gasteiger partial charge in [-0.2, -0.15) is 4.31 Å². The van der Waals surface area contributed by atoms with Crippen molar-refractivity contribution in [3.8, 4) is 0 Å². The summed E-state index contributed by atoms with van der Waals surface area (Å²) in [4.78, 5) is 21.1. The molecule has 7 nitrogen and oxygen atoms in total. The van der Waals surface area contributed by atoms with Gasteiger partial charge in [-0.05, 0) is 43.5 Å². The van der Waals surface area contributed by atoms with E-state index in [0.717, 1.165) is 31.4 Å². The van der Waals surface area contributed by atoms with Gasteiger partial charge in [0.1, 0.15) is 0 Å².